The maximum Gasteiger partial charge on any atom is 0.408 e. The lowest BCUT2D eigenvalue weighted by atomic mass is 10.1. The first kappa shape index (κ1) is 21.4. The molecule has 0 aromatic carbocycles. The van der Waals surface area contributed by atoms with Gasteiger partial charge in [0.25, 0.3) is 5.56 Å². The number of aromatic nitrogens is 3. The van der Waals surface area contributed by atoms with E-state index in [1.165, 1.54) is 16.1 Å². The highest BCUT2D eigenvalue weighted by Gasteiger charge is 2.49. The number of aryl methyl sites for hydroxylation is 1. The van der Waals surface area contributed by atoms with Crippen LogP contribution < -0.4 is 15.8 Å². The van der Waals surface area contributed by atoms with Crippen LogP contribution in [0.4, 0.5) is 24.9 Å². The van der Waals surface area contributed by atoms with Crippen molar-refractivity contribution in [3.8, 4) is 0 Å². The lowest BCUT2D eigenvalue weighted by molar-refractivity contribution is -0.152. The summed E-state index contributed by atoms with van der Waals surface area (Å²) in [7, 11) is 0. The summed E-state index contributed by atoms with van der Waals surface area (Å²) in [6, 6.07) is -0.628. The van der Waals surface area contributed by atoms with Crippen LogP contribution in [0, 0.1) is 18.8 Å². The van der Waals surface area contributed by atoms with Crippen molar-refractivity contribution >= 4 is 28.9 Å². The Hall–Kier alpha value is -2.47. The molecule has 2 aromatic heterocycles. The summed E-state index contributed by atoms with van der Waals surface area (Å²) in [5, 5.41) is 3.05. The number of nitrogens with zero attached hydrogens (tertiary/aromatic N) is 4. The summed E-state index contributed by atoms with van der Waals surface area (Å²) in [6.07, 6.45) is -3.78. The SMILES string of the molecule is Cc1ncsc1C(=O)CN1c2nc(NC[C@H]3OC[C@@H]4CC43)cc(=O)n2CC[C@H]1C(F)(F)F. The summed E-state index contributed by atoms with van der Waals surface area (Å²) >= 11 is 1.09. The number of fused-ring (bicyclic) bond motifs is 2. The Kier molecular flexibility index (Phi) is 5.24. The molecule has 4 atom stereocenters. The Morgan fingerprint density at radius 3 is 2.84 bits per heavy atom. The minimum Gasteiger partial charge on any atom is -0.376 e. The fourth-order valence-corrected chi connectivity index (χ4v) is 5.32. The molecule has 2 fully saturated rings. The van der Waals surface area contributed by atoms with Crippen LogP contribution in [0.1, 0.15) is 28.2 Å². The minimum atomic E-state index is -4.58. The van der Waals surface area contributed by atoms with Crippen molar-refractivity contribution < 1.29 is 22.7 Å². The molecule has 1 saturated heterocycles. The van der Waals surface area contributed by atoms with E-state index in [4.69, 9.17) is 4.74 Å². The lowest BCUT2D eigenvalue weighted by Crippen LogP contribution is -2.54. The molecule has 0 radical (unpaired) electrons. The Morgan fingerprint density at radius 2 is 2.22 bits per heavy atom. The number of hydrogen-bond acceptors (Lipinski definition) is 8. The van der Waals surface area contributed by atoms with Gasteiger partial charge in [0.1, 0.15) is 11.9 Å². The van der Waals surface area contributed by atoms with Crippen LogP contribution in [0.5, 0.6) is 0 Å². The average molecular weight is 469 g/mol. The largest absolute Gasteiger partial charge is 0.408 e. The second-order valence-corrected chi connectivity index (χ2v) is 9.36. The number of hydrogen-bond donors (Lipinski definition) is 1. The molecule has 1 aliphatic carbocycles. The van der Waals surface area contributed by atoms with Gasteiger partial charge in [-0.25, -0.2) is 4.98 Å². The van der Waals surface area contributed by atoms with E-state index in [2.05, 4.69) is 15.3 Å². The van der Waals surface area contributed by atoms with E-state index >= 15 is 0 Å². The number of alkyl halides is 3. The van der Waals surface area contributed by atoms with Crippen molar-refractivity contribution in [2.45, 2.75) is 44.6 Å². The van der Waals surface area contributed by atoms with Crippen LogP contribution in [0.15, 0.2) is 16.4 Å². The third-order valence-electron chi connectivity index (χ3n) is 6.40. The van der Waals surface area contributed by atoms with E-state index < -0.39 is 30.1 Å². The van der Waals surface area contributed by atoms with Crippen LogP contribution in [-0.2, 0) is 11.3 Å². The number of rotatable bonds is 6. The Morgan fingerprint density at radius 1 is 1.41 bits per heavy atom. The zero-order chi connectivity index (χ0) is 22.6. The van der Waals surface area contributed by atoms with Gasteiger partial charge < -0.3 is 15.0 Å². The summed E-state index contributed by atoms with van der Waals surface area (Å²) in [5.41, 5.74) is 1.49. The topological polar surface area (TPSA) is 89.4 Å². The van der Waals surface area contributed by atoms with Gasteiger partial charge in [-0.2, -0.15) is 18.2 Å². The molecule has 1 N–H and O–H groups in total. The molecule has 2 aromatic rings. The zero-order valence-electron chi connectivity index (χ0n) is 17.3. The van der Waals surface area contributed by atoms with Gasteiger partial charge in [0.15, 0.2) is 5.78 Å². The molecule has 0 spiro atoms. The number of carbonyl (C=O) groups is 1. The summed E-state index contributed by atoms with van der Waals surface area (Å²) in [6.45, 7) is 2.12. The molecular weight excluding hydrogens is 447 g/mol. The molecule has 0 amide bonds. The van der Waals surface area contributed by atoms with Crippen molar-refractivity contribution in [1.29, 1.82) is 0 Å². The summed E-state index contributed by atoms with van der Waals surface area (Å²) in [5.74, 6) is 0.629. The summed E-state index contributed by atoms with van der Waals surface area (Å²) in [4.78, 5) is 35.0. The Balaban J connectivity index is 1.44. The maximum absolute atomic E-state index is 13.8. The molecule has 8 nitrogen and oxygen atoms in total. The second kappa shape index (κ2) is 7.84. The number of ether oxygens (including phenoxy) is 1. The molecule has 4 heterocycles. The lowest BCUT2D eigenvalue weighted by Gasteiger charge is -2.38. The highest BCUT2D eigenvalue weighted by atomic mass is 32.1. The fraction of sp³-hybridized carbons (Fsp3) is 0.600. The number of halogens is 3. The summed E-state index contributed by atoms with van der Waals surface area (Å²) < 4.78 is 48.4. The Bertz CT molecular complexity index is 1100. The number of ketones is 1. The van der Waals surface area contributed by atoms with Crippen molar-refractivity contribution in [1.82, 2.24) is 14.5 Å². The number of thiazole rings is 1. The van der Waals surface area contributed by atoms with Crippen molar-refractivity contribution in [2.75, 3.05) is 29.9 Å². The molecule has 1 saturated carbocycles. The molecule has 1 unspecified atom stereocenters. The van der Waals surface area contributed by atoms with Gasteiger partial charge in [-0.1, -0.05) is 0 Å². The van der Waals surface area contributed by atoms with Gasteiger partial charge in [-0.3, -0.25) is 14.2 Å². The number of carbonyl (C=O) groups excluding carboxylic acids is 1. The highest BCUT2D eigenvalue weighted by Crippen LogP contribution is 2.48. The monoisotopic (exact) mass is 469 g/mol. The fourth-order valence-electron chi connectivity index (χ4n) is 4.58. The highest BCUT2D eigenvalue weighted by molar-refractivity contribution is 7.12. The van der Waals surface area contributed by atoms with Gasteiger partial charge >= 0.3 is 6.18 Å². The zero-order valence-corrected chi connectivity index (χ0v) is 18.1. The first-order chi connectivity index (χ1) is 15.2. The first-order valence-electron chi connectivity index (χ1n) is 10.5. The number of anilines is 2. The number of Topliss-reactive ketones (excluding diaryl/α,β-unsaturated/α-hetero) is 1. The van der Waals surface area contributed by atoms with Crippen LogP contribution in [0.3, 0.4) is 0 Å². The predicted molar refractivity (Wildman–Crippen MR) is 111 cm³/mol. The van der Waals surface area contributed by atoms with Gasteiger partial charge in [-0.05, 0) is 31.6 Å². The van der Waals surface area contributed by atoms with Crippen LogP contribution >= 0.6 is 11.3 Å². The van der Waals surface area contributed by atoms with Gasteiger partial charge in [0.2, 0.25) is 5.95 Å². The molecule has 172 valence electrons. The third-order valence-corrected chi connectivity index (χ3v) is 7.37. The third kappa shape index (κ3) is 3.90. The maximum atomic E-state index is 13.8. The molecule has 5 rings (SSSR count). The second-order valence-electron chi connectivity index (χ2n) is 8.51. The molecule has 3 aliphatic rings. The van der Waals surface area contributed by atoms with E-state index in [9.17, 15) is 22.8 Å². The molecule has 0 bridgehead atoms. The molecular formula is C20H22F3N5O3S. The molecule has 2 aliphatic heterocycles. The standard InChI is InChI=1S/C20H22F3N5O3S/c1-10-18(32-9-25-10)13(29)7-28-15(20(21,22)23)2-3-27-17(30)5-16(26-19(27)28)24-6-14-12-4-11(12)8-31-14/h5,9,11-12,14-15,24H,2-4,6-8H2,1H3/t11-,12?,14+,15-/m0/s1. The van der Waals surface area contributed by atoms with Gasteiger partial charge in [0, 0.05) is 19.2 Å². The quantitative estimate of drug-likeness (QED) is 0.650. The average Bonchev–Trinajstić information content (AvgIpc) is 3.19. The van der Waals surface area contributed by atoms with Gasteiger partial charge in [-0.15, -0.1) is 11.3 Å². The normalized spacial score (nSPS) is 26.6. The smallest absolute Gasteiger partial charge is 0.376 e. The number of nitrogens with one attached hydrogen (secondary N) is 1. The minimum absolute atomic E-state index is 0.00972. The van der Waals surface area contributed by atoms with E-state index in [1.807, 2.05) is 0 Å². The van der Waals surface area contributed by atoms with Crippen LogP contribution in [0.25, 0.3) is 0 Å². The van der Waals surface area contributed by atoms with Gasteiger partial charge in [0.05, 0.1) is 35.3 Å². The van der Waals surface area contributed by atoms with Crippen molar-refractivity contribution in [3.05, 3.63) is 32.5 Å². The molecule has 32 heavy (non-hydrogen) atoms. The van der Waals surface area contributed by atoms with Crippen molar-refractivity contribution in [3.63, 3.8) is 0 Å². The van der Waals surface area contributed by atoms with E-state index in [-0.39, 0.29) is 30.8 Å². The van der Waals surface area contributed by atoms with Crippen LogP contribution in [0.2, 0.25) is 0 Å². The first-order valence-corrected chi connectivity index (χ1v) is 11.3. The molecule has 12 heteroatoms. The van der Waals surface area contributed by atoms with Crippen LogP contribution in [-0.4, -0.2) is 58.3 Å². The Labute approximate surface area is 185 Å². The van der Waals surface area contributed by atoms with E-state index in [1.54, 1.807) is 6.92 Å². The van der Waals surface area contributed by atoms with E-state index in [0.29, 0.717) is 29.0 Å². The van der Waals surface area contributed by atoms with Crippen molar-refractivity contribution in [2.24, 2.45) is 11.8 Å². The van der Waals surface area contributed by atoms with E-state index in [0.717, 1.165) is 29.3 Å². The predicted octanol–water partition coefficient (Wildman–Crippen LogP) is 2.48.